The number of nitrogens with one attached hydrogen (secondary N) is 3. The largest absolute Gasteiger partial charge is 0.370 e. The zero-order valence-electron chi connectivity index (χ0n) is 12.2. The third-order valence-corrected chi connectivity index (χ3v) is 3.68. The molecule has 1 fully saturated rings. The summed E-state index contributed by atoms with van der Waals surface area (Å²) in [5, 5.41) is 16.8. The van der Waals surface area contributed by atoms with Crippen molar-refractivity contribution in [3.8, 4) is 0 Å². The SMILES string of the molecule is O=C(CNc1cc2nc[nH]c(=O)c2cc1[N+](=O)[O-])NCC1CC1. The van der Waals surface area contributed by atoms with Gasteiger partial charge in [0.1, 0.15) is 5.69 Å². The van der Waals surface area contributed by atoms with E-state index in [9.17, 15) is 19.7 Å². The number of rotatable bonds is 6. The molecule has 0 spiro atoms. The molecule has 0 aliphatic heterocycles. The van der Waals surface area contributed by atoms with Crippen molar-refractivity contribution < 1.29 is 9.72 Å². The summed E-state index contributed by atoms with van der Waals surface area (Å²) in [5.41, 5.74) is -0.250. The highest BCUT2D eigenvalue weighted by atomic mass is 16.6. The molecular formula is C14H15N5O4. The van der Waals surface area contributed by atoms with Crippen molar-refractivity contribution in [3.63, 3.8) is 0 Å². The quantitative estimate of drug-likeness (QED) is 0.533. The van der Waals surface area contributed by atoms with E-state index in [1.165, 1.54) is 12.4 Å². The lowest BCUT2D eigenvalue weighted by Crippen LogP contribution is -2.31. The van der Waals surface area contributed by atoms with Gasteiger partial charge in [-0.2, -0.15) is 0 Å². The smallest absolute Gasteiger partial charge is 0.293 e. The zero-order valence-corrected chi connectivity index (χ0v) is 12.2. The normalized spacial score (nSPS) is 13.7. The van der Waals surface area contributed by atoms with Crippen LogP contribution in [0.2, 0.25) is 0 Å². The van der Waals surface area contributed by atoms with Gasteiger partial charge in [0.2, 0.25) is 5.91 Å². The molecule has 3 rings (SSSR count). The number of aromatic amines is 1. The summed E-state index contributed by atoms with van der Waals surface area (Å²) >= 11 is 0. The van der Waals surface area contributed by atoms with E-state index in [4.69, 9.17) is 0 Å². The van der Waals surface area contributed by atoms with Gasteiger partial charge in [0, 0.05) is 12.6 Å². The third kappa shape index (κ3) is 3.44. The molecule has 120 valence electrons. The van der Waals surface area contributed by atoms with Crippen LogP contribution in [-0.2, 0) is 4.79 Å². The first-order valence-electron chi connectivity index (χ1n) is 7.21. The van der Waals surface area contributed by atoms with E-state index in [0.29, 0.717) is 18.0 Å². The van der Waals surface area contributed by atoms with Gasteiger partial charge in [0.15, 0.2) is 0 Å². The predicted octanol–water partition coefficient (Wildman–Crippen LogP) is 0.769. The van der Waals surface area contributed by atoms with Gasteiger partial charge < -0.3 is 15.6 Å². The predicted molar refractivity (Wildman–Crippen MR) is 83.2 cm³/mol. The number of anilines is 1. The van der Waals surface area contributed by atoms with Crippen LogP contribution >= 0.6 is 0 Å². The Bertz CT molecular complexity index is 828. The van der Waals surface area contributed by atoms with Gasteiger partial charge in [0.25, 0.3) is 11.2 Å². The molecule has 0 radical (unpaired) electrons. The highest BCUT2D eigenvalue weighted by Crippen LogP contribution is 2.28. The first kappa shape index (κ1) is 14.9. The molecule has 9 nitrogen and oxygen atoms in total. The second kappa shape index (κ2) is 6.03. The number of H-pyrrole nitrogens is 1. The molecule has 9 heteroatoms. The van der Waals surface area contributed by atoms with Crippen LogP contribution in [0.4, 0.5) is 11.4 Å². The number of aromatic nitrogens is 2. The number of fused-ring (bicyclic) bond motifs is 1. The lowest BCUT2D eigenvalue weighted by Gasteiger charge is -2.08. The Balaban J connectivity index is 1.80. The third-order valence-electron chi connectivity index (χ3n) is 3.68. The van der Waals surface area contributed by atoms with E-state index >= 15 is 0 Å². The number of carbonyl (C=O) groups is 1. The van der Waals surface area contributed by atoms with E-state index < -0.39 is 10.5 Å². The molecule has 3 N–H and O–H groups in total. The molecule has 1 aromatic heterocycles. The number of nitrogens with zero attached hydrogens (tertiary/aromatic N) is 2. The van der Waals surface area contributed by atoms with E-state index in [0.717, 1.165) is 18.9 Å². The van der Waals surface area contributed by atoms with E-state index in [1.54, 1.807) is 0 Å². The maximum Gasteiger partial charge on any atom is 0.293 e. The standard InChI is InChI=1S/C14H15N5O4/c20-13(16-5-8-1-2-8)6-15-11-4-10-9(3-12(11)19(22)23)14(21)18-7-17-10/h3-4,7-8,15H,1-2,5-6H2,(H,16,20)(H,17,18,21). The molecule has 1 aliphatic rings. The minimum atomic E-state index is -0.601. The van der Waals surface area contributed by atoms with Crippen molar-refractivity contribution in [1.82, 2.24) is 15.3 Å². The summed E-state index contributed by atoms with van der Waals surface area (Å²) in [7, 11) is 0. The van der Waals surface area contributed by atoms with Crippen LogP contribution in [0.5, 0.6) is 0 Å². The summed E-state index contributed by atoms with van der Waals surface area (Å²) in [6.07, 6.45) is 3.48. The molecule has 0 saturated heterocycles. The van der Waals surface area contributed by atoms with Crippen molar-refractivity contribution in [3.05, 3.63) is 38.9 Å². The van der Waals surface area contributed by atoms with Crippen LogP contribution in [0.3, 0.4) is 0 Å². The molecule has 1 aliphatic carbocycles. The van der Waals surface area contributed by atoms with Crippen molar-refractivity contribution >= 4 is 28.2 Å². The first-order chi connectivity index (χ1) is 11.0. The average molecular weight is 317 g/mol. The van der Waals surface area contributed by atoms with Gasteiger partial charge in [-0.15, -0.1) is 0 Å². The Morgan fingerprint density at radius 2 is 2.22 bits per heavy atom. The second-order valence-electron chi connectivity index (χ2n) is 5.48. The van der Waals surface area contributed by atoms with Crippen molar-refractivity contribution in [2.45, 2.75) is 12.8 Å². The van der Waals surface area contributed by atoms with E-state index in [2.05, 4.69) is 20.6 Å². The highest BCUT2D eigenvalue weighted by Gasteiger charge is 2.22. The minimum Gasteiger partial charge on any atom is -0.370 e. The zero-order chi connectivity index (χ0) is 16.4. The minimum absolute atomic E-state index is 0.0811. The molecule has 1 heterocycles. The molecule has 0 bridgehead atoms. The Morgan fingerprint density at radius 3 is 2.91 bits per heavy atom. The number of carbonyl (C=O) groups excluding carboxylic acids is 1. The molecule has 1 amide bonds. The van der Waals surface area contributed by atoms with Crippen LogP contribution in [-0.4, -0.2) is 33.9 Å². The van der Waals surface area contributed by atoms with E-state index in [1.807, 2.05) is 0 Å². The number of amides is 1. The highest BCUT2D eigenvalue weighted by molar-refractivity contribution is 5.88. The number of nitro benzene ring substituents is 1. The number of benzene rings is 1. The summed E-state index contributed by atoms with van der Waals surface area (Å²) in [5.74, 6) is 0.329. The van der Waals surface area contributed by atoms with Crippen molar-refractivity contribution in [1.29, 1.82) is 0 Å². The Hall–Kier alpha value is -2.97. The average Bonchev–Trinajstić information content (AvgIpc) is 3.34. The van der Waals surface area contributed by atoms with Gasteiger partial charge in [0.05, 0.1) is 28.7 Å². The fourth-order valence-corrected chi connectivity index (χ4v) is 2.21. The van der Waals surface area contributed by atoms with Gasteiger partial charge in [-0.1, -0.05) is 0 Å². The number of nitro groups is 1. The van der Waals surface area contributed by atoms with Gasteiger partial charge in [-0.3, -0.25) is 19.7 Å². The lowest BCUT2D eigenvalue weighted by atomic mass is 10.2. The van der Waals surface area contributed by atoms with Crippen LogP contribution < -0.4 is 16.2 Å². The van der Waals surface area contributed by atoms with E-state index in [-0.39, 0.29) is 29.2 Å². The molecule has 1 aromatic carbocycles. The molecule has 1 saturated carbocycles. The Morgan fingerprint density at radius 1 is 1.43 bits per heavy atom. The van der Waals surface area contributed by atoms with Crippen LogP contribution in [0.25, 0.3) is 10.9 Å². The van der Waals surface area contributed by atoms with Gasteiger partial charge in [-0.05, 0) is 24.8 Å². The Labute approximate surface area is 130 Å². The maximum atomic E-state index is 11.7. The van der Waals surface area contributed by atoms with Gasteiger partial charge in [-0.25, -0.2) is 4.98 Å². The monoisotopic (exact) mass is 317 g/mol. The second-order valence-corrected chi connectivity index (χ2v) is 5.48. The van der Waals surface area contributed by atoms with Gasteiger partial charge >= 0.3 is 0 Å². The summed E-state index contributed by atoms with van der Waals surface area (Å²) in [6, 6.07) is 2.56. The fourth-order valence-electron chi connectivity index (χ4n) is 2.21. The number of hydrogen-bond acceptors (Lipinski definition) is 6. The maximum absolute atomic E-state index is 11.7. The molecule has 2 aromatic rings. The topological polar surface area (TPSA) is 130 Å². The van der Waals surface area contributed by atoms with Crippen LogP contribution in [0.1, 0.15) is 12.8 Å². The summed E-state index contributed by atoms with van der Waals surface area (Å²) in [6.45, 7) is 0.555. The van der Waals surface area contributed by atoms with Crippen LogP contribution in [0, 0.1) is 16.0 Å². The molecule has 23 heavy (non-hydrogen) atoms. The summed E-state index contributed by atoms with van der Waals surface area (Å²) < 4.78 is 0. The first-order valence-corrected chi connectivity index (χ1v) is 7.21. The Kier molecular flexibility index (Phi) is 3.92. The molecular weight excluding hydrogens is 302 g/mol. The van der Waals surface area contributed by atoms with Crippen molar-refractivity contribution in [2.24, 2.45) is 5.92 Å². The fraction of sp³-hybridized carbons (Fsp3) is 0.357. The molecule has 0 unspecified atom stereocenters. The lowest BCUT2D eigenvalue weighted by molar-refractivity contribution is -0.383. The van der Waals surface area contributed by atoms with Crippen molar-refractivity contribution in [2.75, 3.05) is 18.4 Å². The molecule has 0 atom stereocenters. The van der Waals surface area contributed by atoms with Crippen LogP contribution in [0.15, 0.2) is 23.3 Å². The number of hydrogen-bond donors (Lipinski definition) is 3. The summed E-state index contributed by atoms with van der Waals surface area (Å²) in [4.78, 5) is 40.3.